The molecule has 1 aliphatic carbocycles. The summed E-state index contributed by atoms with van der Waals surface area (Å²) in [6.07, 6.45) is 3.64. The largest absolute Gasteiger partial charge is 0.255 e. The normalized spacial score (nSPS) is 12.7. The van der Waals surface area contributed by atoms with Crippen LogP contribution in [0.1, 0.15) is 22.3 Å². The summed E-state index contributed by atoms with van der Waals surface area (Å²) >= 11 is 0. The van der Waals surface area contributed by atoms with Crippen molar-refractivity contribution < 1.29 is 0 Å². The second-order valence-corrected chi connectivity index (χ2v) is 14.7. The Morgan fingerprint density at radius 1 is 0.316 bits per heavy atom. The lowest BCUT2D eigenvalue weighted by Gasteiger charge is -2.34. The van der Waals surface area contributed by atoms with Crippen molar-refractivity contribution in [1.82, 2.24) is 15.0 Å². The number of nitrogens with zero attached hydrogens (tertiary/aromatic N) is 3. The fourth-order valence-electron chi connectivity index (χ4n) is 9.12. The highest BCUT2D eigenvalue weighted by atomic mass is 14.8. The van der Waals surface area contributed by atoms with Crippen molar-refractivity contribution in [2.45, 2.75) is 5.41 Å². The van der Waals surface area contributed by atoms with Gasteiger partial charge in [-0.05, 0) is 132 Å². The van der Waals surface area contributed by atoms with Gasteiger partial charge in [0.1, 0.15) is 0 Å². The van der Waals surface area contributed by atoms with Crippen LogP contribution in [0.3, 0.4) is 0 Å². The van der Waals surface area contributed by atoms with Gasteiger partial charge in [-0.3, -0.25) is 9.97 Å². The first kappa shape index (κ1) is 32.9. The molecule has 7 aromatic carbocycles. The van der Waals surface area contributed by atoms with Crippen molar-refractivity contribution in [1.29, 1.82) is 0 Å². The lowest BCUT2D eigenvalue weighted by molar-refractivity contribution is 0.769. The van der Waals surface area contributed by atoms with E-state index in [-0.39, 0.29) is 0 Å². The zero-order valence-corrected chi connectivity index (χ0v) is 31.0. The van der Waals surface area contributed by atoms with Crippen LogP contribution in [-0.4, -0.2) is 15.0 Å². The molecule has 3 heteroatoms. The monoisotopic (exact) mass is 725 g/mol. The van der Waals surface area contributed by atoms with Crippen LogP contribution in [0.4, 0.5) is 0 Å². The molecule has 3 nitrogen and oxygen atoms in total. The molecule has 0 saturated carbocycles. The maximum absolute atomic E-state index is 5.08. The summed E-state index contributed by atoms with van der Waals surface area (Å²) < 4.78 is 0. The van der Waals surface area contributed by atoms with E-state index in [1.54, 1.807) is 0 Å². The maximum atomic E-state index is 5.08. The van der Waals surface area contributed by atoms with Gasteiger partial charge in [0.15, 0.2) is 0 Å². The van der Waals surface area contributed by atoms with Gasteiger partial charge in [0.25, 0.3) is 0 Å². The van der Waals surface area contributed by atoms with Gasteiger partial charge in [0.05, 0.1) is 28.2 Å². The number of aromatic nitrogens is 3. The van der Waals surface area contributed by atoms with Crippen molar-refractivity contribution in [3.8, 4) is 56.2 Å². The number of pyridine rings is 3. The van der Waals surface area contributed by atoms with E-state index in [4.69, 9.17) is 15.0 Å². The van der Waals surface area contributed by atoms with Crippen LogP contribution in [0.15, 0.2) is 213 Å². The van der Waals surface area contributed by atoms with Crippen LogP contribution in [0, 0.1) is 0 Å². The third-order valence-electron chi connectivity index (χ3n) is 11.6. The molecule has 0 aliphatic heterocycles. The first-order valence-corrected chi connectivity index (χ1v) is 19.4. The summed E-state index contributed by atoms with van der Waals surface area (Å²) in [5.41, 5.74) is 14.7. The Labute approximate surface area is 331 Å². The SMILES string of the molecule is c1ccc(C2(c3ccccc3)c3cc(-c4cc(-c5ccccn5)nc(-c5ccccn5)c4)ccc3-c3ccc(-c4cc5ccccc5c5ccccc45)cc32)cc1. The summed E-state index contributed by atoms with van der Waals surface area (Å²) in [5, 5.41) is 5.03. The van der Waals surface area contributed by atoms with Crippen LogP contribution in [0.2, 0.25) is 0 Å². The number of rotatable bonds is 6. The van der Waals surface area contributed by atoms with Crippen LogP contribution < -0.4 is 0 Å². The molecule has 1 aliphatic rings. The first-order valence-electron chi connectivity index (χ1n) is 19.4. The van der Waals surface area contributed by atoms with Crippen molar-refractivity contribution in [2.24, 2.45) is 0 Å². The zero-order valence-electron chi connectivity index (χ0n) is 31.0. The van der Waals surface area contributed by atoms with Gasteiger partial charge >= 0.3 is 0 Å². The highest BCUT2D eigenvalue weighted by molar-refractivity contribution is 6.14. The molecule has 10 aromatic rings. The number of benzene rings is 7. The Morgan fingerprint density at radius 2 is 0.825 bits per heavy atom. The molecule has 3 heterocycles. The van der Waals surface area contributed by atoms with E-state index in [1.165, 1.54) is 66.1 Å². The molecule has 0 saturated heterocycles. The molecule has 0 unspecified atom stereocenters. The fourth-order valence-corrected chi connectivity index (χ4v) is 9.12. The lowest BCUT2D eigenvalue weighted by Crippen LogP contribution is -2.28. The molecule has 11 rings (SSSR count). The van der Waals surface area contributed by atoms with Gasteiger partial charge in [-0.15, -0.1) is 0 Å². The average molecular weight is 726 g/mol. The molecular formula is C54H35N3. The Bertz CT molecular complexity index is 3010. The van der Waals surface area contributed by atoms with Crippen molar-refractivity contribution in [3.63, 3.8) is 0 Å². The maximum Gasteiger partial charge on any atom is 0.0900 e. The molecule has 0 radical (unpaired) electrons. The van der Waals surface area contributed by atoms with Crippen molar-refractivity contribution in [2.75, 3.05) is 0 Å². The van der Waals surface area contributed by atoms with E-state index in [1.807, 2.05) is 48.8 Å². The van der Waals surface area contributed by atoms with Gasteiger partial charge < -0.3 is 0 Å². The lowest BCUT2D eigenvalue weighted by atomic mass is 9.67. The summed E-state index contributed by atoms with van der Waals surface area (Å²) in [4.78, 5) is 14.5. The molecule has 0 N–H and O–H groups in total. The van der Waals surface area contributed by atoms with Gasteiger partial charge in [0.2, 0.25) is 0 Å². The van der Waals surface area contributed by atoms with Gasteiger partial charge in [0, 0.05) is 12.4 Å². The standard InChI is InChI=1S/C54H35N3/c1-3-16-40(17-4-1)54(41-18-5-2-6-19-41)48-32-36(39-34-52(50-23-11-13-29-55-50)57-53(35-39)51-24-12-14-30-56-51)25-27-45(48)46-28-26-38(33-49(46)54)47-31-37-15-7-8-20-42(37)43-21-9-10-22-44(43)47/h1-35H. The molecule has 3 aromatic heterocycles. The quantitative estimate of drug-likeness (QED) is 0.160. The van der Waals surface area contributed by atoms with Crippen molar-refractivity contribution in [3.05, 3.63) is 235 Å². The van der Waals surface area contributed by atoms with Crippen LogP contribution in [0.25, 0.3) is 77.7 Å². The Morgan fingerprint density at radius 3 is 1.42 bits per heavy atom. The highest BCUT2D eigenvalue weighted by Crippen LogP contribution is 2.57. The smallest absolute Gasteiger partial charge is 0.0900 e. The summed E-state index contributed by atoms with van der Waals surface area (Å²) in [6, 6.07) is 72.4. The topological polar surface area (TPSA) is 38.7 Å². The van der Waals surface area contributed by atoms with E-state index in [9.17, 15) is 0 Å². The third-order valence-corrected chi connectivity index (χ3v) is 11.6. The van der Waals surface area contributed by atoms with E-state index in [0.717, 1.165) is 33.9 Å². The second kappa shape index (κ2) is 13.4. The summed E-state index contributed by atoms with van der Waals surface area (Å²) in [6.45, 7) is 0. The number of hydrogen-bond acceptors (Lipinski definition) is 3. The number of hydrogen-bond donors (Lipinski definition) is 0. The number of fused-ring (bicyclic) bond motifs is 6. The van der Waals surface area contributed by atoms with E-state index < -0.39 is 5.41 Å². The molecule has 0 atom stereocenters. The second-order valence-electron chi connectivity index (χ2n) is 14.7. The van der Waals surface area contributed by atoms with E-state index >= 15 is 0 Å². The molecule has 266 valence electrons. The minimum Gasteiger partial charge on any atom is -0.255 e. The van der Waals surface area contributed by atoms with Gasteiger partial charge in [-0.1, -0.05) is 146 Å². The average Bonchev–Trinajstić information content (AvgIpc) is 3.59. The summed E-state index contributed by atoms with van der Waals surface area (Å²) in [5.74, 6) is 0. The van der Waals surface area contributed by atoms with Crippen molar-refractivity contribution >= 4 is 21.5 Å². The summed E-state index contributed by atoms with van der Waals surface area (Å²) in [7, 11) is 0. The fraction of sp³-hybridized carbons (Fsp3) is 0.0185. The van der Waals surface area contributed by atoms with Gasteiger partial charge in [-0.2, -0.15) is 0 Å². The zero-order chi connectivity index (χ0) is 37.8. The third kappa shape index (κ3) is 5.32. The highest BCUT2D eigenvalue weighted by Gasteiger charge is 2.46. The Balaban J connectivity index is 1.18. The Hall–Kier alpha value is -7.49. The predicted molar refractivity (Wildman–Crippen MR) is 234 cm³/mol. The van der Waals surface area contributed by atoms with E-state index in [0.29, 0.717) is 0 Å². The molecule has 0 amide bonds. The minimum absolute atomic E-state index is 0.591. The Kier molecular flexibility index (Phi) is 7.71. The van der Waals surface area contributed by atoms with Crippen LogP contribution >= 0.6 is 0 Å². The molecule has 57 heavy (non-hydrogen) atoms. The first-order chi connectivity index (χ1) is 28.3. The molecule has 0 fully saturated rings. The van der Waals surface area contributed by atoms with Gasteiger partial charge in [-0.25, -0.2) is 4.98 Å². The predicted octanol–water partition coefficient (Wildman–Crippen LogP) is 13.2. The van der Waals surface area contributed by atoms with Crippen LogP contribution in [-0.2, 0) is 5.41 Å². The van der Waals surface area contributed by atoms with E-state index in [2.05, 4.69) is 164 Å². The molecular weight excluding hydrogens is 691 g/mol. The molecule has 0 bridgehead atoms. The minimum atomic E-state index is -0.591. The van der Waals surface area contributed by atoms with Crippen LogP contribution in [0.5, 0.6) is 0 Å². The molecule has 0 spiro atoms.